The van der Waals surface area contributed by atoms with Gasteiger partial charge in [-0.15, -0.1) is 16.9 Å². The summed E-state index contributed by atoms with van der Waals surface area (Å²) in [6, 6.07) is -0.774. The Hall–Kier alpha value is -2.39. The van der Waals surface area contributed by atoms with Gasteiger partial charge < -0.3 is 10.4 Å². The number of carboxylic acids is 1. The second-order valence-electron chi connectivity index (χ2n) is 6.85. The summed E-state index contributed by atoms with van der Waals surface area (Å²) in [7, 11) is 1.69. The Morgan fingerprint density at radius 1 is 1.45 bits per heavy atom. The summed E-state index contributed by atoms with van der Waals surface area (Å²) >= 11 is 6.05. The van der Waals surface area contributed by atoms with Crippen LogP contribution in [0.2, 0.25) is 0 Å². The van der Waals surface area contributed by atoms with E-state index >= 15 is 0 Å². The molecule has 2 aliphatic heterocycles. The zero-order valence-electron chi connectivity index (χ0n) is 16.4. The number of halogens is 1. The SMILES string of the molecule is Cc1nn(CC(=O)N[C@H]2C(=O)N3C(C(=O)O)=C(CSc4nnnn4C)CS[C@H]23)cc1Br. The molecule has 15 heteroatoms. The third-order valence-electron chi connectivity index (χ3n) is 4.72. The number of carbonyl (C=O) groups is 3. The number of hydrogen-bond donors (Lipinski definition) is 2. The number of β-lactam (4-membered cyclic amide) rings is 1. The minimum atomic E-state index is -1.17. The standard InChI is InChI=1S/C16H17BrN8O4S2/c1-7-9(17)3-24(20-7)4-10(26)18-11-13(27)25-12(15(28)29)8(5-30-14(11)25)6-31-16-19-21-22-23(16)2/h3,11,14H,4-6H2,1-2H3,(H,18,26)(H,28,29)/t11-,14+/m0/s1. The summed E-state index contributed by atoms with van der Waals surface area (Å²) < 4.78 is 3.75. The van der Waals surface area contributed by atoms with Gasteiger partial charge in [0.2, 0.25) is 11.1 Å². The number of thioether (sulfide) groups is 2. The van der Waals surface area contributed by atoms with Crippen molar-refractivity contribution in [2.24, 2.45) is 7.05 Å². The number of aliphatic carboxylic acids is 1. The number of carbonyl (C=O) groups excluding carboxylic acids is 2. The van der Waals surface area contributed by atoms with Gasteiger partial charge in [-0.2, -0.15) is 5.10 Å². The van der Waals surface area contributed by atoms with E-state index in [1.807, 2.05) is 0 Å². The maximum absolute atomic E-state index is 12.7. The molecule has 0 radical (unpaired) electrons. The van der Waals surface area contributed by atoms with Crippen molar-refractivity contribution in [1.82, 2.24) is 40.2 Å². The minimum absolute atomic E-state index is 0.0338. The van der Waals surface area contributed by atoms with Gasteiger partial charge in [-0.25, -0.2) is 9.48 Å². The van der Waals surface area contributed by atoms with Crippen LogP contribution in [0.3, 0.4) is 0 Å². The zero-order valence-corrected chi connectivity index (χ0v) is 19.6. The van der Waals surface area contributed by atoms with Crippen LogP contribution in [-0.4, -0.2) is 80.7 Å². The fourth-order valence-electron chi connectivity index (χ4n) is 3.23. The molecular formula is C16H17BrN8O4S2. The van der Waals surface area contributed by atoms with Gasteiger partial charge in [0, 0.05) is 24.8 Å². The van der Waals surface area contributed by atoms with Gasteiger partial charge in [0.1, 0.15) is 23.7 Å². The lowest BCUT2D eigenvalue weighted by Gasteiger charge is -2.49. The van der Waals surface area contributed by atoms with E-state index in [4.69, 9.17) is 0 Å². The summed E-state index contributed by atoms with van der Waals surface area (Å²) in [5, 5.41) is 27.9. The third kappa shape index (κ3) is 4.21. The van der Waals surface area contributed by atoms with E-state index in [0.29, 0.717) is 22.2 Å². The van der Waals surface area contributed by atoms with Crippen molar-refractivity contribution in [2.45, 2.75) is 30.0 Å². The first kappa shape index (κ1) is 21.8. The first-order valence-corrected chi connectivity index (χ1v) is 11.8. The van der Waals surface area contributed by atoms with Crippen molar-refractivity contribution in [1.29, 1.82) is 0 Å². The quantitative estimate of drug-likeness (QED) is 0.371. The fraction of sp³-hybridized carbons (Fsp3) is 0.438. The Kier molecular flexibility index (Phi) is 6.07. The highest BCUT2D eigenvalue weighted by Crippen LogP contribution is 2.41. The number of fused-ring (bicyclic) bond motifs is 1. The number of nitrogens with one attached hydrogen (secondary N) is 1. The normalized spacial score (nSPS) is 20.5. The highest BCUT2D eigenvalue weighted by molar-refractivity contribution is 9.10. The number of hydrogen-bond acceptors (Lipinski definition) is 9. The van der Waals surface area contributed by atoms with Crippen LogP contribution < -0.4 is 5.32 Å². The Morgan fingerprint density at radius 3 is 2.84 bits per heavy atom. The molecule has 0 spiro atoms. The fourth-order valence-corrected chi connectivity index (χ4v) is 5.88. The lowest BCUT2D eigenvalue weighted by atomic mass is 10.0. The number of carboxylic acid groups (broad SMARTS) is 1. The lowest BCUT2D eigenvalue weighted by molar-refractivity contribution is -0.150. The Morgan fingerprint density at radius 2 is 2.23 bits per heavy atom. The van der Waals surface area contributed by atoms with Crippen LogP contribution in [0.15, 0.2) is 27.1 Å². The van der Waals surface area contributed by atoms with Gasteiger partial charge in [0.15, 0.2) is 0 Å². The number of aromatic nitrogens is 6. The molecule has 0 aromatic carbocycles. The number of aryl methyl sites for hydroxylation is 2. The maximum atomic E-state index is 12.7. The lowest BCUT2D eigenvalue weighted by Crippen LogP contribution is -2.70. The molecule has 4 rings (SSSR count). The number of tetrazole rings is 1. The predicted molar refractivity (Wildman–Crippen MR) is 114 cm³/mol. The van der Waals surface area contributed by atoms with Crippen LogP contribution in [0, 0.1) is 6.92 Å². The van der Waals surface area contributed by atoms with Crippen LogP contribution in [0.25, 0.3) is 0 Å². The summed E-state index contributed by atoms with van der Waals surface area (Å²) in [4.78, 5) is 38.3. The van der Waals surface area contributed by atoms with Gasteiger partial charge in [-0.3, -0.25) is 19.2 Å². The number of amides is 2. The van der Waals surface area contributed by atoms with E-state index in [9.17, 15) is 19.5 Å². The van der Waals surface area contributed by atoms with Gasteiger partial charge in [-0.05, 0) is 38.9 Å². The first-order chi connectivity index (χ1) is 14.8. The molecule has 2 aliphatic rings. The van der Waals surface area contributed by atoms with Crippen molar-refractivity contribution in [2.75, 3.05) is 11.5 Å². The van der Waals surface area contributed by atoms with Gasteiger partial charge >= 0.3 is 5.97 Å². The topological polar surface area (TPSA) is 148 Å². The van der Waals surface area contributed by atoms with Crippen molar-refractivity contribution in [3.8, 4) is 0 Å². The summed E-state index contributed by atoms with van der Waals surface area (Å²) in [6.45, 7) is 1.77. The third-order valence-corrected chi connectivity index (χ3v) is 7.93. The Bertz CT molecular complexity index is 1080. The van der Waals surface area contributed by atoms with E-state index in [1.54, 1.807) is 20.2 Å². The first-order valence-electron chi connectivity index (χ1n) is 9.00. The molecule has 2 N–H and O–H groups in total. The van der Waals surface area contributed by atoms with Crippen molar-refractivity contribution in [3.63, 3.8) is 0 Å². The van der Waals surface area contributed by atoms with E-state index in [2.05, 4.69) is 41.9 Å². The smallest absolute Gasteiger partial charge is 0.352 e. The average Bonchev–Trinajstić information content (AvgIpc) is 3.27. The second kappa shape index (κ2) is 8.63. The highest BCUT2D eigenvalue weighted by Gasteiger charge is 2.54. The molecule has 0 unspecified atom stereocenters. The highest BCUT2D eigenvalue weighted by atomic mass is 79.9. The van der Waals surface area contributed by atoms with Crippen LogP contribution in [0.1, 0.15) is 5.69 Å². The Labute approximate surface area is 192 Å². The van der Waals surface area contributed by atoms with E-state index < -0.39 is 23.3 Å². The number of nitrogens with zero attached hydrogens (tertiary/aromatic N) is 7. The molecule has 2 amide bonds. The molecule has 2 aromatic rings. The maximum Gasteiger partial charge on any atom is 0.352 e. The molecule has 2 aromatic heterocycles. The zero-order chi connectivity index (χ0) is 22.3. The van der Waals surface area contributed by atoms with Gasteiger partial charge in [-0.1, -0.05) is 11.8 Å². The average molecular weight is 529 g/mol. The van der Waals surface area contributed by atoms with E-state index in [0.717, 1.165) is 10.2 Å². The molecule has 1 fully saturated rings. The molecule has 2 atom stereocenters. The van der Waals surface area contributed by atoms with Crippen molar-refractivity contribution in [3.05, 3.63) is 27.6 Å². The molecule has 0 aliphatic carbocycles. The summed E-state index contributed by atoms with van der Waals surface area (Å²) in [5.74, 6) is -1.23. The molecule has 31 heavy (non-hydrogen) atoms. The molecular weight excluding hydrogens is 512 g/mol. The second-order valence-corrected chi connectivity index (χ2v) is 9.75. The monoisotopic (exact) mass is 528 g/mol. The van der Waals surface area contributed by atoms with Crippen LogP contribution in [0.4, 0.5) is 0 Å². The molecule has 12 nitrogen and oxygen atoms in total. The van der Waals surface area contributed by atoms with Crippen LogP contribution in [-0.2, 0) is 28.0 Å². The van der Waals surface area contributed by atoms with E-state index in [-0.39, 0.29) is 18.1 Å². The molecule has 0 bridgehead atoms. The van der Waals surface area contributed by atoms with Crippen molar-refractivity contribution >= 4 is 57.2 Å². The minimum Gasteiger partial charge on any atom is -0.477 e. The van der Waals surface area contributed by atoms with Gasteiger partial charge in [0.05, 0.1) is 10.2 Å². The van der Waals surface area contributed by atoms with Crippen LogP contribution in [0.5, 0.6) is 0 Å². The molecule has 164 valence electrons. The molecule has 0 saturated carbocycles. The Balaban J connectivity index is 1.43. The van der Waals surface area contributed by atoms with Crippen LogP contribution >= 0.6 is 39.5 Å². The largest absolute Gasteiger partial charge is 0.477 e. The number of rotatable bonds is 7. The van der Waals surface area contributed by atoms with Crippen molar-refractivity contribution < 1.29 is 19.5 Å². The van der Waals surface area contributed by atoms with Gasteiger partial charge in [0.25, 0.3) is 5.91 Å². The molecule has 1 saturated heterocycles. The summed E-state index contributed by atoms with van der Waals surface area (Å²) in [6.07, 6.45) is 1.68. The molecule has 4 heterocycles. The van der Waals surface area contributed by atoms with E-state index in [1.165, 1.54) is 37.8 Å². The summed E-state index contributed by atoms with van der Waals surface area (Å²) in [5.41, 5.74) is 1.32. The predicted octanol–water partition coefficient (Wildman–Crippen LogP) is 0.00842.